The molecule has 0 saturated heterocycles. The topological polar surface area (TPSA) is 51.2 Å². The van der Waals surface area contributed by atoms with E-state index in [-0.39, 0.29) is 5.82 Å². The minimum atomic E-state index is -0.418. The van der Waals surface area contributed by atoms with Crippen LogP contribution in [0.15, 0.2) is 54.7 Å². The maximum absolute atomic E-state index is 12.9. The van der Waals surface area contributed by atoms with Gasteiger partial charge in [0.15, 0.2) is 0 Å². The summed E-state index contributed by atoms with van der Waals surface area (Å²) in [5.74, 6) is -0.0175. The molecule has 23 heavy (non-hydrogen) atoms. The number of halogens is 1. The molecule has 0 amide bonds. The number of methoxy groups -OCH3 is 1. The number of nitrogens with zero attached hydrogens (tertiary/aromatic N) is 1. The second-order valence-corrected chi connectivity index (χ2v) is 5.04. The molecule has 0 saturated carbocycles. The Hall–Kier alpha value is -2.95. The average molecular weight is 310 g/mol. The van der Waals surface area contributed by atoms with Crippen LogP contribution in [0.25, 0.3) is 10.8 Å². The van der Waals surface area contributed by atoms with Gasteiger partial charge in [-0.2, -0.15) is 0 Å². The van der Waals surface area contributed by atoms with Crippen molar-refractivity contribution in [2.24, 2.45) is 0 Å². The second kappa shape index (κ2) is 6.44. The van der Waals surface area contributed by atoms with Crippen LogP contribution in [0.3, 0.4) is 0 Å². The molecule has 3 rings (SSSR count). The first-order valence-electron chi connectivity index (χ1n) is 7.13. The van der Waals surface area contributed by atoms with Crippen molar-refractivity contribution < 1.29 is 13.9 Å². The van der Waals surface area contributed by atoms with Crippen molar-refractivity contribution in [1.82, 2.24) is 4.98 Å². The van der Waals surface area contributed by atoms with Crippen LogP contribution < -0.4 is 5.32 Å². The number of esters is 1. The Labute approximate surface area is 132 Å². The molecule has 0 aliphatic carbocycles. The fourth-order valence-electron chi connectivity index (χ4n) is 2.39. The molecule has 116 valence electrons. The molecule has 3 aromatic rings. The Morgan fingerprint density at radius 1 is 1.13 bits per heavy atom. The Morgan fingerprint density at radius 2 is 1.83 bits per heavy atom. The van der Waals surface area contributed by atoms with E-state index in [1.54, 1.807) is 12.1 Å². The Bertz CT molecular complexity index is 847. The van der Waals surface area contributed by atoms with E-state index in [1.165, 1.54) is 25.4 Å². The standard InChI is InChI=1S/C18H15FN2O2/c1-23-18(22)16-11-21-17(15-5-3-2-4-14(15)16)20-10-12-6-8-13(19)9-7-12/h2-9,11H,10H2,1H3,(H,20,21). The van der Waals surface area contributed by atoms with E-state index in [2.05, 4.69) is 10.3 Å². The molecule has 1 aromatic heterocycles. The van der Waals surface area contributed by atoms with Gasteiger partial charge in [0.1, 0.15) is 11.6 Å². The van der Waals surface area contributed by atoms with E-state index in [1.807, 2.05) is 24.3 Å². The van der Waals surface area contributed by atoms with Crippen molar-refractivity contribution in [3.63, 3.8) is 0 Å². The van der Waals surface area contributed by atoms with Crippen molar-refractivity contribution in [2.45, 2.75) is 6.54 Å². The number of hydrogen-bond donors (Lipinski definition) is 1. The number of anilines is 1. The summed E-state index contributed by atoms with van der Waals surface area (Å²) in [4.78, 5) is 16.2. The molecular weight excluding hydrogens is 295 g/mol. The lowest BCUT2D eigenvalue weighted by Crippen LogP contribution is -2.06. The van der Waals surface area contributed by atoms with Gasteiger partial charge >= 0.3 is 5.97 Å². The first-order chi connectivity index (χ1) is 11.2. The number of fused-ring (bicyclic) bond motifs is 1. The summed E-state index contributed by atoms with van der Waals surface area (Å²) in [6.07, 6.45) is 1.50. The van der Waals surface area contributed by atoms with Gasteiger partial charge in [-0.3, -0.25) is 0 Å². The molecule has 1 heterocycles. The fraction of sp³-hybridized carbons (Fsp3) is 0.111. The zero-order chi connectivity index (χ0) is 16.2. The molecule has 2 aromatic carbocycles. The van der Waals surface area contributed by atoms with Crippen molar-refractivity contribution in [1.29, 1.82) is 0 Å². The summed E-state index contributed by atoms with van der Waals surface area (Å²) in [5, 5.41) is 4.83. The molecule has 0 radical (unpaired) electrons. The summed E-state index contributed by atoms with van der Waals surface area (Å²) < 4.78 is 17.7. The second-order valence-electron chi connectivity index (χ2n) is 5.04. The third kappa shape index (κ3) is 3.13. The first kappa shape index (κ1) is 15.0. The molecule has 0 bridgehead atoms. The molecule has 0 aliphatic heterocycles. The summed E-state index contributed by atoms with van der Waals surface area (Å²) in [5.41, 5.74) is 1.37. The molecule has 1 N–H and O–H groups in total. The van der Waals surface area contributed by atoms with Crippen LogP contribution in [0.2, 0.25) is 0 Å². The third-order valence-electron chi connectivity index (χ3n) is 3.57. The monoisotopic (exact) mass is 310 g/mol. The van der Waals surface area contributed by atoms with Crippen LogP contribution in [0.4, 0.5) is 10.2 Å². The molecule has 4 nitrogen and oxygen atoms in total. The van der Waals surface area contributed by atoms with E-state index in [0.717, 1.165) is 16.3 Å². The lowest BCUT2D eigenvalue weighted by molar-refractivity contribution is 0.0602. The number of nitrogens with one attached hydrogen (secondary N) is 1. The average Bonchev–Trinajstić information content (AvgIpc) is 2.60. The molecule has 0 aliphatic rings. The predicted molar refractivity (Wildman–Crippen MR) is 86.8 cm³/mol. The van der Waals surface area contributed by atoms with Gasteiger partial charge in [-0.25, -0.2) is 14.2 Å². The molecular formula is C18H15FN2O2. The zero-order valence-corrected chi connectivity index (χ0v) is 12.5. The van der Waals surface area contributed by atoms with Crippen LogP contribution in [0.5, 0.6) is 0 Å². The number of carbonyl (C=O) groups is 1. The van der Waals surface area contributed by atoms with Crippen molar-refractivity contribution in [3.8, 4) is 0 Å². The third-order valence-corrected chi connectivity index (χ3v) is 3.57. The number of rotatable bonds is 4. The highest BCUT2D eigenvalue weighted by Crippen LogP contribution is 2.25. The van der Waals surface area contributed by atoms with Crippen LogP contribution >= 0.6 is 0 Å². The highest BCUT2D eigenvalue weighted by molar-refractivity contribution is 6.07. The SMILES string of the molecule is COC(=O)c1cnc(NCc2ccc(F)cc2)c2ccccc12. The lowest BCUT2D eigenvalue weighted by Gasteiger charge is -2.11. The van der Waals surface area contributed by atoms with Crippen LogP contribution in [0, 0.1) is 5.82 Å². The van der Waals surface area contributed by atoms with E-state index >= 15 is 0 Å². The maximum atomic E-state index is 12.9. The predicted octanol–water partition coefficient (Wildman–Crippen LogP) is 3.77. The number of carbonyl (C=O) groups excluding carboxylic acids is 1. The quantitative estimate of drug-likeness (QED) is 0.745. The van der Waals surface area contributed by atoms with Crippen molar-refractivity contribution in [3.05, 3.63) is 71.7 Å². The van der Waals surface area contributed by atoms with E-state index in [9.17, 15) is 9.18 Å². The van der Waals surface area contributed by atoms with Gasteiger partial charge in [-0.05, 0) is 17.7 Å². The van der Waals surface area contributed by atoms with Crippen molar-refractivity contribution in [2.75, 3.05) is 12.4 Å². The van der Waals surface area contributed by atoms with Gasteiger partial charge in [0.05, 0.1) is 12.7 Å². The van der Waals surface area contributed by atoms with Gasteiger partial charge in [0, 0.05) is 23.5 Å². The van der Waals surface area contributed by atoms with Crippen LogP contribution in [-0.4, -0.2) is 18.1 Å². The number of aromatic nitrogens is 1. The normalized spacial score (nSPS) is 10.5. The van der Waals surface area contributed by atoms with Gasteiger partial charge < -0.3 is 10.1 Å². The Balaban J connectivity index is 1.92. The molecule has 0 atom stereocenters. The minimum Gasteiger partial charge on any atom is -0.465 e. The number of ether oxygens (including phenoxy) is 1. The van der Waals surface area contributed by atoms with Gasteiger partial charge in [0.25, 0.3) is 0 Å². The summed E-state index contributed by atoms with van der Waals surface area (Å²) in [6, 6.07) is 13.8. The van der Waals surface area contributed by atoms with Crippen LogP contribution in [0.1, 0.15) is 15.9 Å². The van der Waals surface area contributed by atoms with Gasteiger partial charge in [0.2, 0.25) is 0 Å². The Kier molecular flexibility index (Phi) is 4.19. The molecule has 5 heteroatoms. The number of pyridine rings is 1. The van der Waals surface area contributed by atoms with Crippen LogP contribution in [-0.2, 0) is 11.3 Å². The van der Waals surface area contributed by atoms with Crippen molar-refractivity contribution >= 4 is 22.6 Å². The van der Waals surface area contributed by atoms with E-state index in [4.69, 9.17) is 4.74 Å². The minimum absolute atomic E-state index is 0.264. The summed E-state index contributed by atoms with van der Waals surface area (Å²) in [6.45, 7) is 0.509. The van der Waals surface area contributed by atoms with Gasteiger partial charge in [-0.15, -0.1) is 0 Å². The highest BCUT2D eigenvalue weighted by Gasteiger charge is 2.13. The molecule has 0 fully saturated rings. The first-order valence-corrected chi connectivity index (χ1v) is 7.13. The van der Waals surface area contributed by atoms with Gasteiger partial charge in [-0.1, -0.05) is 36.4 Å². The summed E-state index contributed by atoms with van der Waals surface area (Å²) in [7, 11) is 1.35. The zero-order valence-electron chi connectivity index (χ0n) is 12.5. The number of hydrogen-bond acceptors (Lipinski definition) is 4. The maximum Gasteiger partial charge on any atom is 0.340 e. The Morgan fingerprint density at radius 3 is 2.52 bits per heavy atom. The fourth-order valence-corrected chi connectivity index (χ4v) is 2.39. The molecule has 0 unspecified atom stereocenters. The van der Waals surface area contributed by atoms with E-state index in [0.29, 0.717) is 17.9 Å². The smallest absolute Gasteiger partial charge is 0.340 e. The summed E-state index contributed by atoms with van der Waals surface area (Å²) >= 11 is 0. The molecule has 0 spiro atoms. The number of benzene rings is 2. The lowest BCUT2D eigenvalue weighted by atomic mass is 10.1. The highest BCUT2D eigenvalue weighted by atomic mass is 19.1. The largest absolute Gasteiger partial charge is 0.465 e. The van der Waals surface area contributed by atoms with E-state index < -0.39 is 5.97 Å².